The van der Waals surface area contributed by atoms with Gasteiger partial charge in [0.15, 0.2) is 0 Å². The van der Waals surface area contributed by atoms with Crippen molar-refractivity contribution in [2.75, 3.05) is 0 Å². The zero-order chi connectivity index (χ0) is 4.00. The van der Waals surface area contributed by atoms with E-state index < -0.39 is 0 Å². The molecule has 0 aliphatic rings. The Balaban J connectivity index is 0. The van der Waals surface area contributed by atoms with Crippen LogP contribution in [0.2, 0.25) is 0 Å². The summed E-state index contributed by atoms with van der Waals surface area (Å²) in [5.41, 5.74) is 0. The van der Waals surface area contributed by atoms with Crippen LogP contribution < -0.4 is 4.76 Å². The van der Waals surface area contributed by atoms with E-state index in [1.54, 1.807) is 0 Å². The molecule has 0 aromatic carbocycles. The number of hydrogen-bond acceptors (Lipinski definition) is 1. The van der Waals surface area contributed by atoms with E-state index in [4.69, 9.17) is 0 Å². The molecule has 0 heterocycles. The molecule has 0 spiro atoms. The summed E-state index contributed by atoms with van der Waals surface area (Å²) in [5.74, 6) is 0. The Kier molecular flexibility index (Phi) is 233. The van der Waals surface area contributed by atoms with E-state index in [1.807, 2.05) is 13.8 Å². The first-order valence-electron chi connectivity index (χ1n) is 1.22. The van der Waals surface area contributed by atoms with Gasteiger partial charge >= 0.3 is 0 Å². The van der Waals surface area contributed by atoms with Gasteiger partial charge in [-0.1, -0.05) is 13.8 Å². The van der Waals surface area contributed by atoms with E-state index in [1.165, 1.54) is 0 Å². The third-order valence-corrected chi connectivity index (χ3v) is 0. The lowest BCUT2D eigenvalue weighted by atomic mass is 11.0. The Morgan fingerprint density at radius 3 is 1.25 bits per heavy atom. The summed E-state index contributed by atoms with van der Waals surface area (Å²) in [7, 11) is 0. The van der Waals surface area contributed by atoms with Crippen LogP contribution in [-0.2, 0) is 0 Å². The normalized spacial score (nSPS) is 3.00. The molecule has 0 saturated carbocycles. The van der Waals surface area contributed by atoms with Crippen molar-refractivity contribution >= 4 is 16.1 Å². The van der Waals surface area contributed by atoms with Crippen molar-refractivity contribution in [1.82, 2.24) is 0 Å². The first-order chi connectivity index (χ1) is 2.00. The van der Waals surface area contributed by atoms with Crippen molar-refractivity contribution in [3.63, 3.8) is 0 Å². The molecular weight excluding hydrogens is 118 g/mol. The van der Waals surface area contributed by atoms with Gasteiger partial charge in [0.05, 0.1) is 0 Å². The van der Waals surface area contributed by atoms with Crippen molar-refractivity contribution in [1.29, 1.82) is 0 Å². The van der Waals surface area contributed by atoms with Crippen LogP contribution in [0.5, 0.6) is 0 Å². The highest BCUT2D eigenvalue weighted by Crippen LogP contribution is 1.28. The number of halogens is 1. The number of hydrogen-bond donors (Lipinski definition) is 1. The van der Waals surface area contributed by atoms with Gasteiger partial charge in [0.2, 0.25) is 0 Å². The molecular formula is C2H8BrN. The lowest BCUT2D eigenvalue weighted by Crippen LogP contribution is -1.45. The van der Waals surface area contributed by atoms with Crippen LogP contribution in [0, 0.1) is 0 Å². The third kappa shape index (κ3) is 26.1. The van der Waals surface area contributed by atoms with Gasteiger partial charge in [0, 0.05) is 16.1 Å². The van der Waals surface area contributed by atoms with Crippen LogP contribution >= 0.6 is 16.1 Å². The molecule has 28 valence electrons. The van der Waals surface area contributed by atoms with Crippen molar-refractivity contribution < 1.29 is 0 Å². The van der Waals surface area contributed by atoms with E-state index in [2.05, 4.69) is 20.9 Å². The average molecular weight is 126 g/mol. The number of rotatable bonds is 0. The van der Waals surface area contributed by atoms with Crippen molar-refractivity contribution in [3.05, 3.63) is 0 Å². The molecule has 0 fully saturated rings. The van der Waals surface area contributed by atoms with Gasteiger partial charge < -0.3 is 0 Å². The van der Waals surface area contributed by atoms with Crippen LogP contribution in [0.15, 0.2) is 0 Å². The molecule has 0 aromatic rings. The quantitative estimate of drug-likeness (QED) is 0.486. The highest BCUT2D eigenvalue weighted by Gasteiger charge is 0.932. The van der Waals surface area contributed by atoms with Gasteiger partial charge in [-0.15, -0.1) is 0 Å². The Hall–Kier alpha value is 0.440. The Morgan fingerprint density at radius 1 is 1.25 bits per heavy atom. The minimum absolute atomic E-state index is 2.00. The van der Waals surface area contributed by atoms with Crippen LogP contribution in [0.4, 0.5) is 0 Å². The average Bonchev–Trinajstić information content (AvgIpc) is 1.50. The second kappa shape index (κ2) is 106. The molecule has 4 heavy (non-hydrogen) atoms. The van der Waals surface area contributed by atoms with Crippen LogP contribution in [-0.4, -0.2) is 0 Å². The topological polar surface area (TPSA) is 26.0 Å². The molecule has 0 aliphatic heterocycles. The highest BCUT2D eigenvalue weighted by molar-refractivity contribution is 9.07. The summed E-state index contributed by atoms with van der Waals surface area (Å²) in [6, 6.07) is 0. The van der Waals surface area contributed by atoms with Crippen LogP contribution in [0.25, 0.3) is 0 Å². The van der Waals surface area contributed by atoms with Crippen LogP contribution in [0.3, 0.4) is 0 Å². The summed E-state index contributed by atoms with van der Waals surface area (Å²) in [5, 5.41) is 0. The van der Waals surface area contributed by atoms with E-state index in [0.717, 1.165) is 0 Å². The maximum Gasteiger partial charge on any atom is 0.00554 e. The molecule has 0 radical (unpaired) electrons. The maximum atomic E-state index is 4.31. The van der Waals surface area contributed by atoms with Crippen molar-refractivity contribution in [3.8, 4) is 0 Å². The first kappa shape index (κ1) is 8.83. The fourth-order valence-electron chi connectivity index (χ4n) is 0. The minimum Gasteiger partial charge on any atom is -0.270 e. The van der Waals surface area contributed by atoms with Gasteiger partial charge in [0.1, 0.15) is 0 Å². The smallest absolute Gasteiger partial charge is 0.00554 e. The van der Waals surface area contributed by atoms with Crippen LogP contribution in [0.1, 0.15) is 13.8 Å². The van der Waals surface area contributed by atoms with Gasteiger partial charge in [-0.3, -0.25) is 4.76 Å². The van der Waals surface area contributed by atoms with Crippen molar-refractivity contribution in [2.24, 2.45) is 4.76 Å². The number of nitrogens with two attached hydrogens (primary N) is 1. The zero-order valence-electron chi connectivity index (χ0n) is 2.96. The second-order valence-corrected chi connectivity index (χ2v) is 0. The minimum atomic E-state index is 2.00. The zero-order valence-corrected chi connectivity index (χ0v) is 4.54. The summed E-state index contributed by atoms with van der Waals surface area (Å²) in [6.45, 7) is 4.00. The fraction of sp³-hybridized carbons (Fsp3) is 1.00. The standard InChI is InChI=1S/C2H6.BrH2N/c2*1-2/h1-2H3;2H2. The molecule has 0 bridgehead atoms. The molecule has 1 nitrogen and oxygen atoms in total. The molecule has 0 unspecified atom stereocenters. The lowest BCUT2D eigenvalue weighted by molar-refractivity contribution is 1.50. The molecule has 0 aliphatic carbocycles. The van der Waals surface area contributed by atoms with Crippen molar-refractivity contribution in [2.45, 2.75) is 13.8 Å². The predicted molar refractivity (Wildman–Crippen MR) is 24.5 cm³/mol. The molecule has 2 N–H and O–H groups in total. The highest BCUT2D eigenvalue weighted by atomic mass is 79.9. The predicted octanol–water partition coefficient (Wildman–Crippen LogP) is 1.28. The molecule has 0 saturated heterocycles. The van der Waals surface area contributed by atoms with E-state index in [-0.39, 0.29) is 0 Å². The largest absolute Gasteiger partial charge is 0.270 e. The monoisotopic (exact) mass is 125 g/mol. The Morgan fingerprint density at radius 2 is 1.25 bits per heavy atom. The van der Waals surface area contributed by atoms with Gasteiger partial charge in [-0.2, -0.15) is 0 Å². The summed E-state index contributed by atoms with van der Waals surface area (Å²) in [4.78, 5) is 0. The lowest BCUT2D eigenvalue weighted by Gasteiger charge is -1.14. The fourth-order valence-corrected chi connectivity index (χ4v) is 0. The Bertz CT molecular complexity index is 6.00. The summed E-state index contributed by atoms with van der Waals surface area (Å²) < 4.78 is 4.31. The maximum absolute atomic E-state index is 4.31. The second-order valence-electron chi connectivity index (χ2n) is 0. The van der Waals surface area contributed by atoms with Gasteiger partial charge in [-0.25, -0.2) is 0 Å². The SMILES string of the molecule is CC.NBr. The molecule has 0 aromatic heterocycles. The molecule has 2 heteroatoms. The Labute approximate surface area is 35.5 Å². The molecule has 0 amide bonds. The van der Waals surface area contributed by atoms with Gasteiger partial charge in [0.25, 0.3) is 0 Å². The van der Waals surface area contributed by atoms with Gasteiger partial charge in [-0.05, 0) is 0 Å². The summed E-state index contributed by atoms with van der Waals surface area (Å²) in [6.07, 6.45) is 0. The third-order valence-electron chi connectivity index (χ3n) is 0. The van der Waals surface area contributed by atoms with E-state index in [9.17, 15) is 0 Å². The molecule has 0 atom stereocenters. The van der Waals surface area contributed by atoms with E-state index in [0.29, 0.717) is 0 Å². The van der Waals surface area contributed by atoms with E-state index >= 15 is 0 Å². The first-order valence-corrected chi connectivity index (χ1v) is 2.13. The molecule has 0 rings (SSSR count). The summed E-state index contributed by atoms with van der Waals surface area (Å²) >= 11 is 2.44.